The third-order valence-electron chi connectivity index (χ3n) is 4.72. The number of fused-ring (bicyclic) bond motifs is 1. The third kappa shape index (κ3) is 4.31. The van der Waals surface area contributed by atoms with Gasteiger partial charge in [0.25, 0.3) is 0 Å². The average molecular weight is 336 g/mol. The molecule has 2 unspecified atom stereocenters. The molecular weight excluding hydrogens is 312 g/mol. The smallest absolute Gasteiger partial charge is 0.157 e. The van der Waals surface area contributed by atoms with Crippen LogP contribution >= 0.6 is 0 Å². The maximum Gasteiger partial charge on any atom is 0.157 e. The van der Waals surface area contributed by atoms with Gasteiger partial charge in [-0.05, 0) is 59.2 Å². The number of phenols is 2. The molecule has 0 fully saturated rings. The Morgan fingerprint density at radius 1 is 0.800 bits per heavy atom. The van der Waals surface area contributed by atoms with Gasteiger partial charge in [0.2, 0.25) is 0 Å². The molecular formula is C22H24O3. The van der Waals surface area contributed by atoms with Crippen molar-refractivity contribution in [3.8, 4) is 11.5 Å². The molecule has 0 saturated heterocycles. The molecule has 0 spiro atoms. The Bertz CT molecular complexity index is 857. The molecule has 0 aliphatic heterocycles. The van der Waals surface area contributed by atoms with Crippen LogP contribution in [-0.4, -0.2) is 15.3 Å². The second-order valence-corrected chi connectivity index (χ2v) is 6.83. The van der Waals surface area contributed by atoms with E-state index in [1.165, 1.54) is 28.5 Å². The van der Waals surface area contributed by atoms with Gasteiger partial charge in [-0.1, -0.05) is 55.5 Å². The summed E-state index contributed by atoms with van der Waals surface area (Å²) < 4.78 is 0. The Morgan fingerprint density at radius 3 is 2.32 bits per heavy atom. The van der Waals surface area contributed by atoms with Crippen molar-refractivity contribution >= 4 is 10.8 Å². The highest BCUT2D eigenvalue weighted by atomic mass is 16.3. The number of hydrogen-bond acceptors (Lipinski definition) is 3. The van der Waals surface area contributed by atoms with Crippen LogP contribution in [0, 0.1) is 5.92 Å². The van der Waals surface area contributed by atoms with Crippen LogP contribution in [0.3, 0.4) is 0 Å². The van der Waals surface area contributed by atoms with E-state index in [1.807, 2.05) is 6.07 Å². The van der Waals surface area contributed by atoms with Crippen LogP contribution in [0.15, 0.2) is 60.7 Å². The lowest BCUT2D eigenvalue weighted by Crippen LogP contribution is -2.04. The summed E-state index contributed by atoms with van der Waals surface area (Å²) in [6.07, 6.45) is 1.85. The van der Waals surface area contributed by atoms with Crippen LogP contribution in [0.2, 0.25) is 0 Å². The summed E-state index contributed by atoms with van der Waals surface area (Å²) in [4.78, 5) is 0. The van der Waals surface area contributed by atoms with Gasteiger partial charge in [0.05, 0.1) is 6.10 Å². The molecule has 0 bridgehead atoms. The first-order chi connectivity index (χ1) is 12.0. The second kappa shape index (κ2) is 7.58. The predicted molar refractivity (Wildman–Crippen MR) is 101 cm³/mol. The van der Waals surface area contributed by atoms with Gasteiger partial charge < -0.3 is 15.3 Å². The van der Waals surface area contributed by atoms with Crippen molar-refractivity contribution in [3.05, 3.63) is 71.8 Å². The Balaban J connectivity index is 1.57. The Labute approximate surface area is 148 Å². The molecule has 0 heterocycles. The van der Waals surface area contributed by atoms with E-state index < -0.39 is 6.10 Å². The van der Waals surface area contributed by atoms with Gasteiger partial charge in [-0.25, -0.2) is 0 Å². The van der Waals surface area contributed by atoms with E-state index in [9.17, 15) is 15.3 Å². The number of aliphatic hydroxyl groups excluding tert-OH is 1. The van der Waals surface area contributed by atoms with Gasteiger partial charge in [0.15, 0.2) is 11.5 Å². The van der Waals surface area contributed by atoms with E-state index >= 15 is 0 Å². The second-order valence-electron chi connectivity index (χ2n) is 6.83. The molecule has 2 atom stereocenters. The summed E-state index contributed by atoms with van der Waals surface area (Å²) in [5.74, 6) is 0.0860. The summed E-state index contributed by atoms with van der Waals surface area (Å²) >= 11 is 0. The molecule has 0 amide bonds. The van der Waals surface area contributed by atoms with Crippen LogP contribution in [0.25, 0.3) is 10.8 Å². The summed E-state index contributed by atoms with van der Waals surface area (Å²) in [6.45, 7) is 2.19. The number of benzene rings is 3. The number of rotatable bonds is 6. The lowest BCUT2D eigenvalue weighted by atomic mass is 9.92. The van der Waals surface area contributed by atoms with Crippen molar-refractivity contribution in [1.29, 1.82) is 0 Å². The molecule has 0 radical (unpaired) electrons. The zero-order valence-electron chi connectivity index (χ0n) is 14.4. The van der Waals surface area contributed by atoms with Gasteiger partial charge in [-0.3, -0.25) is 0 Å². The molecule has 130 valence electrons. The molecule has 3 heteroatoms. The number of aromatic hydroxyl groups is 2. The number of phenolic OH excluding ortho intramolecular Hbond substituents is 2. The van der Waals surface area contributed by atoms with Gasteiger partial charge in [0.1, 0.15) is 0 Å². The third-order valence-corrected chi connectivity index (χ3v) is 4.72. The summed E-state index contributed by atoms with van der Waals surface area (Å²) in [5, 5.41) is 31.7. The van der Waals surface area contributed by atoms with Crippen molar-refractivity contribution in [1.82, 2.24) is 0 Å². The quantitative estimate of drug-likeness (QED) is 0.559. The standard InChI is InChI=1S/C22H24O3/c1-15(6-10-20(23)19-9-11-21(24)22(25)14-19)12-16-7-8-17-4-2-3-5-18(17)13-16/h2-5,7-9,11,13-15,20,23-25H,6,10,12H2,1H3. The first-order valence-electron chi connectivity index (χ1n) is 8.70. The zero-order valence-corrected chi connectivity index (χ0v) is 14.4. The highest BCUT2D eigenvalue weighted by Gasteiger charge is 2.13. The fraction of sp³-hybridized carbons (Fsp3) is 0.273. The number of aliphatic hydroxyl groups is 1. The minimum Gasteiger partial charge on any atom is -0.504 e. The predicted octanol–water partition coefficient (Wildman–Crippen LogP) is 4.94. The fourth-order valence-corrected chi connectivity index (χ4v) is 3.23. The van der Waals surface area contributed by atoms with Crippen molar-refractivity contribution in [2.24, 2.45) is 5.92 Å². The first kappa shape index (κ1) is 17.3. The van der Waals surface area contributed by atoms with Gasteiger partial charge in [-0.15, -0.1) is 0 Å². The molecule has 3 N–H and O–H groups in total. The van der Waals surface area contributed by atoms with Crippen molar-refractivity contribution in [3.63, 3.8) is 0 Å². The normalized spacial score (nSPS) is 13.7. The minimum atomic E-state index is -0.634. The number of hydrogen-bond donors (Lipinski definition) is 3. The maximum absolute atomic E-state index is 10.3. The maximum atomic E-state index is 10.3. The van der Waals surface area contributed by atoms with Crippen LogP contribution in [0.4, 0.5) is 0 Å². The van der Waals surface area contributed by atoms with Crippen LogP contribution in [-0.2, 0) is 6.42 Å². The lowest BCUT2D eigenvalue weighted by Gasteiger charge is -2.16. The average Bonchev–Trinajstić information content (AvgIpc) is 2.62. The minimum absolute atomic E-state index is 0.166. The summed E-state index contributed by atoms with van der Waals surface area (Å²) in [7, 11) is 0. The zero-order chi connectivity index (χ0) is 17.8. The Morgan fingerprint density at radius 2 is 1.56 bits per heavy atom. The Kier molecular flexibility index (Phi) is 5.25. The van der Waals surface area contributed by atoms with E-state index in [1.54, 1.807) is 6.07 Å². The van der Waals surface area contributed by atoms with E-state index in [2.05, 4.69) is 43.3 Å². The van der Waals surface area contributed by atoms with E-state index in [4.69, 9.17) is 0 Å². The molecule has 0 saturated carbocycles. The van der Waals surface area contributed by atoms with E-state index in [0.717, 1.165) is 12.8 Å². The van der Waals surface area contributed by atoms with Gasteiger partial charge >= 0.3 is 0 Å². The molecule has 3 rings (SSSR count). The molecule has 0 aliphatic carbocycles. The largest absolute Gasteiger partial charge is 0.504 e. The molecule has 3 aromatic carbocycles. The van der Waals surface area contributed by atoms with E-state index in [0.29, 0.717) is 17.9 Å². The SMILES string of the molecule is CC(CCC(O)c1ccc(O)c(O)c1)Cc1ccc2ccccc2c1. The van der Waals surface area contributed by atoms with Crippen LogP contribution < -0.4 is 0 Å². The van der Waals surface area contributed by atoms with Crippen LogP contribution in [0.1, 0.15) is 37.0 Å². The van der Waals surface area contributed by atoms with Crippen molar-refractivity contribution < 1.29 is 15.3 Å². The monoisotopic (exact) mass is 336 g/mol. The van der Waals surface area contributed by atoms with Crippen molar-refractivity contribution in [2.75, 3.05) is 0 Å². The fourth-order valence-electron chi connectivity index (χ4n) is 3.23. The van der Waals surface area contributed by atoms with Gasteiger partial charge in [0, 0.05) is 0 Å². The lowest BCUT2D eigenvalue weighted by molar-refractivity contribution is 0.157. The molecule has 0 aromatic heterocycles. The van der Waals surface area contributed by atoms with Crippen LogP contribution in [0.5, 0.6) is 11.5 Å². The topological polar surface area (TPSA) is 60.7 Å². The summed E-state index contributed by atoms with van der Waals surface area (Å²) in [5.41, 5.74) is 1.94. The summed E-state index contributed by atoms with van der Waals surface area (Å²) in [6, 6.07) is 19.4. The van der Waals surface area contributed by atoms with E-state index in [-0.39, 0.29) is 11.5 Å². The molecule has 3 nitrogen and oxygen atoms in total. The molecule has 25 heavy (non-hydrogen) atoms. The van der Waals surface area contributed by atoms with Crippen molar-refractivity contribution in [2.45, 2.75) is 32.3 Å². The highest BCUT2D eigenvalue weighted by molar-refractivity contribution is 5.82. The van der Waals surface area contributed by atoms with Gasteiger partial charge in [-0.2, -0.15) is 0 Å². The molecule has 3 aromatic rings. The first-order valence-corrected chi connectivity index (χ1v) is 8.70. The molecule has 0 aliphatic rings. The Hall–Kier alpha value is -2.52. The highest BCUT2D eigenvalue weighted by Crippen LogP contribution is 2.30.